The molecule has 68 valence electrons. The highest BCUT2D eigenvalue weighted by Crippen LogP contribution is 2.33. The molecule has 0 amide bonds. The minimum absolute atomic E-state index is 0.256. The molecule has 0 atom stereocenters. The summed E-state index contributed by atoms with van der Waals surface area (Å²) in [4.78, 5) is 0. The van der Waals surface area contributed by atoms with Crippen LogP contribution in [0.1, 0.15) is 5.56 Å². The van der Waals surface area contributed by atoms with Crippen molar-refractivity contribution < 1.29 is 9.13 Å². The number of fused-ring (bicyclic) bond motifs is 1. The molecule has 0 fully saturated rings. The molecule has 0 aliphatic carbocycles. The van der Waals surface area contributed by atoms with Gasteiger partial charge in [-0.3, -0.25) is 0 Å². The number of thiophene rings is 1. The fraction of sp³-hybridized carbons (Fsp3) is 0.200. The highest BCUT2D eigenvalue weighted by atomic mass is 32.1. The zero-order valence-corrected chi connectivity index (χ0v) is 8.24. The van der Waals surface area contributed by atoms with Crippen molar-refractivity contribution >= 4 is 21.4 Å². The van der Waals surface area contributed by atoms with E-state index in [0.29, 0.717) is 11.3 Å². The Hall–Kier alpha value is -1.09. The molecule has 3 heteroatoms. The number of aryl methyl sites for hydroxylation is 1. The molecule has 0 saturated carbocycles. The van der Waals surface area contributed by atoms with Crippen molar-refractivity contribution in [2.45, 2.75) is 6.92 Å². The van der Waals surface area contributed by atoms with Gasteiger partial charge in [-0.05, 0) is 30.0 Å². The summed E-state index contributed by atoms with van der Waals surface area (Å²) in [6, 6.07) is 3.72. The molecule has 1 heterocycles. The third-order valence-corrected chi connectivity index (χ3v) is 2.90. The lowest BCUT2D eigenvalue weighted by Gasteiger charge is -2.05. The van der Waals surface area contributed by atoms with Crippen LogP contribution >= 0.6 is 11.3 Å². The van der Waals surface area contributed by atoms with E-state index in [9.17, 15) is 4.39 Å². The Bertz CT molecular complexity index is 447. The third-order valence-electron chi connectivity index (χ3n) is 2.04. The van der Waals surface area contributed by atoms with E-state index in [-0.39, 0.29) is 5.82 Å². The van der Waals surface area contributed by atoms with Crippen molar-refractivity contribution in [3.8, 4) is 5.75 Å². The van der Waals surface area contributed by atoms with Gasteiger partial charge in [0.15, 0.2) is 11.6 Å². The van der Waals surface area contributed by atoms with E-state index in [1.807, 2.05) is 17.5 Å². The summed E-state index contributed by atoms with van der Waals surface area (Å²) < 4.78 is 19.6. The van der Waals surface area contributed by atoms with Crippen LogP contribution in [-0.2, 0) is 0 Å². The summed E-state index contributed by atoms with van der Waals surface area (Å²) >= 11 is 1.59. The van der Waals surface area contributed by atoms with Gasteiger partial charge in [-0.15, -0.1) is 11.3 Å². The monoisotopic (exact) mass is 196 g/mol. The van der Waals surface area contributed by atoms with Gasteiger partial charge in [0.2, 0.25) is 0 Å². The standard InChI is InChI=1S/C10H9FOS/c1-6-5-8-7(3-4-13-8)10(12-2)9(6)11/h3-5H,1-2H3. The maximum absolute atomic E-state index is 13.5. The minimum Gasteiger partial charge on any atom is -0.493 e. The Kier molecular flexibility index (Phi) is 1.96. The SMILES string of the molecule is COc1c(F)c(C)cc2sccc12. The fourth-order valence-electron chi connectivity index (χ4n) is 1.38. The first-order chi connectivity index (χ1) is 6.24. The highest BCUT2D eigenvalue weighted by molar-refractivity contribution is 7.17. The molecule has 0 saturated heterocycles. The summed E-state index contributed by atoms with van der Waals surface area (Å²) in [6.45, 7) is 1.75. The molecule has 0 bridgehead atoms. The van der Waals surface area contributed by atoms with Crippen LogP contribution in [0.2, 0.25) is 0 Å². The Balaban J connectivity index is 2.87. The predicted molar refractivity (Wildman–Crippen MR) is 53.1 cm³/mol. The number of hydrogen-bond donors (Lipinski definition) is 0. The van der Waals surface area contributed by atoms with Crippen molar-refractivity contribution in [2.75, 3.05) is 7.11 Å². The Morgan fingerprint density at radius 1 is 1.46 bits per heavy atom. The zero-order valence-electron chi connectivity index (χ0n) is 7.43. The molecule has 1 nitrogen and oxygen atoms in total. The molecular weight excluding hydrogens is 187 g/mol. The van der Waals surface area contributed by atoms with Crippen LogP contribution in [0, 0.1) is 12.7 Å². The second-order valence-corrected chi connectivity index (χ2v) is 3.82. The molecule has 13 heavy (non-hydrogen) atoms. The van der Waals surface area contributed by atoms with Gasteiger partial charge in [0.1, 0.15) is 0 Å². The largest absolute Gasteiger partial charge is 0.493 e. The van der Waals surface area contributed by atoms with E-state index in [4.69, 9.17) is 4.74 Å². The number of rotatable bonds is 1. The molecule has 2 aromatic rings. The summed E-state index contributed by atoms with van der Waals surface area (Å²) in [5.41, 5.74) is 0.631. The van der Waals surface area contributed by atoms with E-state index in [2.05, 4.69) is 0 Å². The number of ether oxygens (including phenoxy) is 1. The maximum Gasteiger partial charge on any atom is 0.168 e. The van der Waals surface area contributed by atoms with E-state index < -0.39 is 0 Å². The number of halogens is 1. The number of benzene rings is 1. The third kappa shape index (κ3) is 1.20. The molecule has 0 spiro atoms. The second-order valence-electron chi connectivity index (χ2n) is 2.87. The molecule has 2 rings (SSSR count). The highest BCUT2D eigenvalue weighted by Gasteiger charge is 2.11. The Morgan fingerprint density at radius 3 is 2.92 bits per heavy atom. The molecule has 1 aromatic heterocycles. The van der Waals surface area contributed by atoms with Gasteiger partial charge >= 0.3 is 0 Å². The quantitative estimate of drug-likeness (QED) is 0.679. The van der Waals surface area contributed by atoms with Crippen LogP contribution in [0.3, 0.4) is 0 Å². The minimum atomic E-state index is -0.256. The smallest absolute Gasteiger partial charge is 0.168 e. The van der Waals surface area contributed by atoms with Gasteiger partial charge in [-0.1, -0.05) is 0 Å². The van der Waals surface area contributed by atoms with E-state index >= 15 is 0 Å². The average Bonchev–Trinajstić information content (AvgIpc) is 2.54. The summed E-state index contributed by atoms with van der Waals surface area (Å²) in [6.07, 6.45) is 0. The van der Waals surface area contributed by atoms with Crippen LogP contribution in [0.4, 0.5) is 4.39 Å². The molecule has 0 aliphatic heterocycles. The van der Waals surface area contributed by atoms with Crippen molar-refractivity contribution in [1.29, 1.82) is 0 Å². The summed E-state index contributed by atoms with van der Waals surface area (Å²) in [5.74, 6) is 0.102. The number of methoxy groups -OCH3 is 1. The molecular formula is C10H9FOS. The first-order valence-corrected chi connectivity index (χ1v) is 4.82. The molecule has 0 aliphatic rings. The van der Waals surface area contributed by atoms with Crippen LogP contribution in [0.5, 0.6) is 5.75 Å². The molecule has 1 aromatic carbocycles. The fourth-order valence-corrected chi connectivity index (χ4v) is 2.26. The van der Waals surface area contributed by atoms with Crippen molar-refractivity contribution in [3.63, 3.8) is 0 Å². The molecule has 0 N–H and O–H groups in total. The average molecular weight is 196 g/mol. The van der Waals surface area contributed by atoms with E-state index in [1.54, 1.807) is 18.3 Å². The number of hydrogen-bond acceptors (Lipinski definition) is 2. The second kappa shape index (κ2) is 3.00. The first kappa shape index (κ1) is 8.51. The van der Waals surface area contributed by atoms with Gasteiger partial charge in [-0.25, -0.2) is 4.39 Å². The van der Waals surface area contributed by atoms with Gasteiger partial charge in [0, 0.05) is 10.1 Å². The zero-order chi connectivity index (χ0) is 9.42. The topological polar surface area (TPSA) is 9.23 Å². The van der Waals surface area contributed by atoms with E-state index in [0.717, 1.165) is 10.1 Å². The normalized spacial score (nSPS) is 10.7. The summed E-state index contributed by atoms with van der Waals surface area (Å²) in [5, 5.41) is 2.79. The van der Waals surface area contributed by atoms with Crippen LogP contribution in [0.25, 0.3) is 10.1 Å². The Morgan fingerprint density at radius 2 is 2.23 bits per heavy atom. The lowest BCUT2D eigenvalue weighted by Crippen LogP contribution is -1.91. The van der Waals surface area contributed by atoms with Crippen molar-refractivity contribution in [1.82, 2.24) is 0 Å². The van der Waals surface area contributed by atoms with Gasteiger partial charge in [0.25, 0.3) is 0 Å². The van der Waals surface area contributed by atoms with Gasteiger partial charge in [-0.2, -0.15) is 0 Å². The van der Waals surface area contributed by atoms with Crippen LogP contribution in [-0.4, -0.2) is 7.11 Å². The first-order valence-electron chi connectivity index (χ1n) is 3.94. The van der Waals surface area contributed by atoms with Gasteiger partial charge in [0.05, 0.1) is 7.11 Å². The molecule has 0 radical (unpaired) electrons. The summed E-state index contributed by atoms with van der Waals surface area (Å²) in [7, 11) is 1.50. The Labute approximate surface area is 79.8 Å². The molecule has 0 unspecified atom stereocenters. The van der Waals surface area contributed by atoms with Crippen molar-refractivity contribution in [3.05, 3.63) is 28.9 Å². The predicted octanol–water partition coefficient (Wildman–Crippen LogP) is 3.36. The van der Waals surface area contributed by atoms with Gasteiger partial charge < -0.3 is 4.74 Å². The van der Waals surface area contributed by atoms with Crippen LogP contribution < -0.4 is 4.74 Å². The van der Waals surface area contributed by atoms with Crippen molar-refractivity contribution in [2.24, 2.45) is 0 Å². The maximum atomic E-state index is 13.5. The lowest BCUT2D eigenvalue weighted by atomic mass is 10.1. The van der Waals surface area contributed by atoms with Crippen LogP contribution in [0.15, 0.2) is 17.5 Å². The lowest BCUT2D eigenvalue weighted by molar-refractivity contribution is 0.390. The van der Waals surface area contributed by atoms with E-state index in [1.165, 1.54) is 7.11 Å².